The predicted octanol–water partition coefficient (Wildman–Crippen LogP) is 5.41. The number of aromatic hydroxyl groups is 1. The van der Waals surface area contributed by atoms with Crippen molar-refractivity contribution < 1.29 is 5.11 Å². The summed E-state index contributed by atoms with van der Waals surface area (Å²) in [4.78, 5) is 0. The second-order valence-corrected chi connectivity index (χ2v) is 5.71. The van der Waals surface area contributed by atoms with E-state index in [-0.39, 0.29) is 12.4 Å². The molecule has 0 bridgehead atoms. The normalized spacial score (nSPS) is 11.7. The molecule has 0 fully saturated rings. The average molecular weight is 305 g/mol. The maximum atomic E-state index is 9.27. The van der Waals surface area contributed by atoms with Crippen molar-refractivity contribution in [3.63, 3.8) is 0 Å². The molecule has 2 aromatic rings. The van der Waals surface area contributed by atoms with Crippen LogP contribution in [0.25, 0.3) is 0 Å². The van der Waals surface area contributed by atoms with Gasteiger partial charge in [0.15, 0.2) is 0 Å². The molecule has 2 aromatic carbocycles. The van der Waals surface area contributed by atoms with Crippen molar-refractivity contribution in [2.24, 2.45) is 5.92 Å². The summed E-state index contributed by atoms with van der Waals surface area (Å²) in [5.41, 5.74) is 2.76. The zero-order chi connectivity index (χ0) is 14.2. The van der Waals surface area contributed by atoms with Gasteiger partial charge in [-0.1, -0.05) is 62.2 Å². The standard InChI is InChI=1S/C19H24O.ClH/c1-16(15-18-11-13-19(20)14-12-18)7-5-6-10-17-8-3-2-4-9-17;/h2-4,8-9,11-14,16,20H,5-7,10,15H2,1H3;1H. The van der Waals surface area contributed by atoms with E-state index in [1.165, 1.54) is 36.8 Å². The number of rotatable bonds is 7. The van der Waals surface area contributed by atoms with Crippen LogP contribution in [0.15, 0.2) is 54.6 Å². The van der Waals surface area contributed by atoms with Crippen molar-refractivity contribution in [3.05, 3.63) is 65.7 Å². The second-order valence-electron chi connectivity index (χ2n) is 5.71. The Morgan fingerprint density at radius 3 is 2.19 bits per heavy atom. The lowest BCUT2D eigenvalue weighted by Crippen LogP contribution is -2.00. The topological polar surface area (TPSA) is 20.2 Å². The number of benzene rings is 2. The van der Waals surface area contributed by atoms with E-state index in [9.17, 15) is 5.11 Å². The molecule has 1 atom stereocenters. The Labute approximate surface area is 134 Å². The molecule has 2 rings (SSSR count). The molecule has 21 heavy (non-hydrogen) atoms. The van der Waals surface area contributed by atoms with Crippen LogP contribution in [-0.4, -0.2) is 5.11 Å². The Balaban J connectivity index is 0.00000220. The number of unbranched alkanes of at least 4 members (excludes halogenated alkanes) is 1. The SMILES string of the molecule is CC(CCCCc1ccccc1)Cc1ccc(O)cc1.Cl. The van der Waals surface area contributed by atoms with Gasteiger partial charge in [0, 0.05) is 0 Å². The summed E-state index contributed by atoms with van der Waals surface area (Å²) in [6, 6.07) is 18.3. The first-order chi connectivity index (χ1) is 9.74. The molecule has 0 aromatic heterocycles. The first-order valence-electron chi connectivity index (χ1n) is 7.56. The smallest absolute Gasteiger partial charge is 0.115 e. The lowest BCUT2D eigenvalue weighted by molar-refractivity contribution is 0.473. The van der Waals surface area contributed by atoms with E-state index in [2.05, 4.69) is 37.3 Å². The monoisotopic (exact) mass is 304 g/mol. The van der Waals surface area contributed by atoms with Crippen LogP contribution in [0.3, 0.4) is 0 Å². The number of aryl methyl sites for hydroxylation is 1. The summed E-state index contributed by atoms with van der Waals surface area (Å²) in [7, 11) is 0. The van der Waals surface area contributed by atoms with Gasteiger partial charge in [0.05, 0.1) is 0 Å². The number of halogens is 1. The molecule has 0 amide bonds. The molecule has 0 spiro atoms. The molecular formula is C19H25ClO. The van der Waals surface area contributed by atoms with Gasteiger partial charge in [-0.25, -0.2) is 0 Å². The van der Waals surface area contributed by atoms with Crippen molar-refractivity contribution in [1.82, 2.24) is 0 Å². The van der Waals surface area contributed by atoms with Crippen LogP contribution in [0.4, 0.5) is 0 Å². The molecule has 1 unspecified atom stereocenters. The van der Waals surface area contributed by atoms with Gasteiger partial charge >= 0.3 is 0 Å². The number of hydrogen-bond donors (Lipinski definition) is 1. The number of phenols is 1. The molecule has 1 N–H and O–H groups in total. The highest BCUT2D eigenvalue weighted by atomic mass is 35.5. The summed E-state index contributed by atoms with van der Waals surface area (Å²) in [6.07, 6.45) is 6.12. The summed E-state index contributed by atoms with van der Waals surface area (Å²) < 4.78 is 0. The summed E-state index contributed by atoms with van der Waals surface area (Å²) >= 11 is 0. The van der Waals surface area contributed by atoms with Crippen molar-refractivity contribution in [3.8, 4) is 5.75 Å². The van der Waals surface area contributed by atoms with Gasteiger partial charge in [0.25, 0.3) is 0 Å². The molecule has 0 aliphatic rings. The van der Waals surface area contributed by atoms with E-state index in [1.54, 1.807) is 12.1 Å². The third-order valence-electron chi connectivity index (χ3n) is 3.78. The van der Waals surface area contributed by atoms with Gasteiger partial charge in [0.2, 0.25) is 0 Å². The van der Waals surface area contributed by atoms with Crippen molar-refractivity contribution in [2.45, 2.75) is 39.0 Å². The molecule has 0 saturated carbocycles. The van der Waals surface area contributed by atoms with Crippen LogP contribution >= 0.6 is 12.4 Å². The Hall–Kier alpha value is -1.47. The molecule has 0 radical (unpaired) electrons. The highest BCUT2D eigenvalue weighted by molar-refractivity contribution is 5.85. The zero-order valence-electron chi connectivity index (χ0n) is 12.7. The van der Waals surface area contributed by atoms with Gasteiger partial charge in [-0.2, -0.15) is 0 Å². The van der Waals surface area contributed by atoms with E-state index in [1.807, 2.05) is 12.1 Å². The summed E-state index contributed by atoms with van der Waals surface area (Å²) in [6.45, 7) is 2.31. The van der Waals surface area contributed by atoms with Crippen molar-refractivity contribution in [1.29, 1.82) is 0 Å². The molecule has 0 aliphatic carbocycles. The maximum absolute atomic E-state index is 9.27. The molecule has 2 heteroatoms. The fourth-order valence-electron chi connectivity index (χ4n) is 2.60. The second kappa shape index (κ2) is 9.46. The summed E-state index contributed by atoms with van der Waals surface area (Å²) in [5, 5.41) is 9.27. The van der Waals surface area contributed by atoms with E-state index in [4.69, 9.17) is 0 Å². The van der Waals surface area contributed by atoms with Gasteiger partial charge in [0.1, 0.15) is 5.75 Å². The van der Waals surface area contributed by atoms with Gasteiger partial charge < -0.3 is 5.11 Å². The van der Waals surface area contributed by atoms with Crippen LogP contribution in [0.2, 0.25) is 0 Å². The minimum atomic E-state index is 0. The fraction of sp³-hybridized carbons (Fsp3) is 0.368. The largest absolute Gasteiger partial charge is 0.508 e. The fourth-order valence-corrected chi connectivity index (χ4v) is 2.60. The lowest BCUT2D eigenvalue weighted by Gasteiger charge is -2.11. The third-order valence-corrected chi connectivity index (χ3v) is 3.78. The third kappa shape index (κ3) is 6.68. The Bertz CT molecular complexity index is 493. The van der Waals surface area contributed by atoms with E-state index in [0.717, 1.165) is 6.42 Å². The molecule has 0 heterocycles. The van der Waals surface area contributed by atoms with Crippen LogP contribution in [0, 0.1) is 5.92 Å². The van der Waals surface area contributed by atoms with Gasteiger partial charge in [-0.15, -0.1) is 12.4 Å². The molecule has 114 valence electrons. The Kier molecular flexibility index (Phi) is 7.92. The van der Waals surface area contributed by atoms with E-state index < -0.39 is 0 Å². The number of hydrogen-bond acceptors (Lipinski definition) is 1. The first kappa shape index (κ1) is 17.6. The highest BCUT2D eigenvalue weighted by Crippen LogP contribution is 2.18. The molecule has 0 aliphatic heterocycles. The number of phenolic OH excluding ortho intramolecular Hbond substituents is 1. The van der Waals surface area contributed by atoms with Crippen LogP contribution in [0.1, 0.15) is 37.3 Å². The quantitative estimate of drug-likeness (QED) is 0.678. The van der Waals surface area contributed by atoms with Crippen LogP contribution in [0.5, 0.6) is 5.75 Å². The van der Waals surface area contributed by atoms with Crippen LogP contribution < -0.4 is 0 Å². The minimum Gasteiger partial charge on any atom is -0.508 e. The minimum absolute atomic E-state index is 0. The first-order valence-corrected chi connectivity index (χ1v) is 7.56. The molecule has 1 nitrogen and oxygen atoms in total. The molecule has 0 saturated heterocycles. The van der Waals surface area contributed by atoms with Gasteiger partial charge in [-0.05, 0) is 48.4 Å². The van der Waals surface area contributed by atoms with Crippen molar-refractivity contribution >= 4 is 12.4 Å². The highest BCUT2D eigenvalue weighted by Gasteiger charge is 2.04. The predicted molar refractivity (Wildman–Crippen MR) is 92.2 cm³/mol. The van der Waals surface area contributed by atoms with Gasteiger partial charge in [-0.3, -0.25) is 0 Å². The van der Waals surface area contributed by atoms with E-state index >= 15 is 0 Å². The maximum Gasteiger partial charge on any atom is 0.115 e. The molecular weight excluding hydrogens is 280 g/mol. The van der Waals surface area contributed by atoms with E-state index in [0.29, 0.717) is 11.7 Å². The van der Waals surface area contributed by atoms with Crippen molar-refractivity contribution in [2.75, 3.05) is 0 Å². The zero-order valence-corrected chi connectivity index (χ0v) is 13.5. The Morgan fingerprint density at radius 1 is 0.857 bits per heavy atom. The summed E-state index contributed by atoms with van der Waals surface area (Å²) in [5.74, 6) is 1.06. The Morgan fingerprint density at radius 2 is 1.52 bits per heavy atom. The average Bonchev–Trinajstić information content (AvgIpc) is 2.47. The van der Waals surface area contributed by atoms with Crippen LogP contribution in [-0.2, 0) is 12.8 Å². The lowest BCUT2D eigenvalue weighted by atomic mass is 9.95.